The minimum absolute atomic E-state index is 0.0219. The van der Waals surface area contributed by atoms with Crippen LogP contribution in [0.4, 0.5) is 16.2 Å². The van der Waals surface area contributed by atoms with E-state index in [0.29, 0.717) is 30.2 Å². The first-order valence-corrected chi connectivity index (χ1v) is 14.3. The van der Waals surface area contributed by atoms with E-state index in [1.165, 1.54) is 4.90 Å². The lowest BCUT2D eigenvalue weighted by Crippen LogP contribution is -2.56. The Hall–Kier alpha value is -3.73. The maximum absolute atomic E-state index is 14.3. The monoisotopic (exact) mass is 623 g/mol. The van der Waals surface area contributed by atoms with Crippen LogP contribution in [-0.4, -0.2) is 44.0 Å². The number of aryl methyl sites for hydroxylation is 1. The number of carbonyl (C=O) groups excluding carboxylic acids is 3. The maximum Gasteiger partial charge on any atom is 0.320 e. The molecule has 0 saturated carbocycles. The summed E-state index contributed by atoms with van der Waals surface area (Å²) >= 11 is 3.39. The highest BCUT2D eigenvalue weighted by atomic mass is 79.9. The first kappa shape index (κ1) is 30.2. The summed E-state index contributed by atoms with van der Waals surface area (Å²) in [6, 6.07) is 21.1. The van der Waals surface area contributed by atoms with Gasteiger partial charge in [0.05, 0.1) is 18.7 Å². The van der Waals surface area contributed by atoms with Gasteiger partial charge in [0.15, 0.2) is 11.8 Å². The predicted molar refractivity (Wildman–Crippen MR) is 159 cm³/mol. The van der Waals surface area contributed by atoms with Gasteiger partial charge in [-0.2, -0.15) is 0 Å². The Balaban J connectivity index is 1.64. The molecular weight excluding hydrogens is 590 g/mol. The largest absolute Gasteiger partial charge is 0.461 e. The number of para-hydroxylation sites is 1. The van der Waals surface area contributed by atoms with Crippen LogP contribution >= 0.6 is 15.9 Å². The maximum atomic E-state index is 14.3. The molecule has 0 saturated heterocycles. The van der Waals surface area contributed by atoms with Gasteiger partial charge in [-0.25, -0.2) is 4.79 Å². The number of hydrogen-bond donors (Lipinski definition) is 2. The van der Waals surface area contributed by atoms with Crippen molar-refractivity contribution >= 4 is 45.2 Å². The molecule has 0 spiro atoms. The summed E-state index contributed by atoms with van der Waals surface area (Å²) in [5.74, 6) is -1.12. The number of fused-ring (bicyclic) bond motifs is 1. The molecule has 1 aliphatic rings. The van der Waals surface area contributed by atoms with E-state index in [4.69, 9.17) is 14.2 Å². The van der Waals surface area contributed by atoms with Crippen LogP contribution in [-0.2, 0) is 35.9 Å². The first-order chi connectivity index (χ1) is 19.8. The van der Waals surface area contributed by atoms with E-state index < -0.39 is 36.2 Å². The normalized spacial score (nSPS) is 16.0. The Morgan fingerprint density at radius 1 is 0.951 bits per heavy atom. The standard InChI is InChI=1S/C31H34BrN3O6/c1-4-39-28(40-5-2)19-35-26-9-7-6-8-25(26)31(29(35)37,34-30(38)33-24-16-10-21(3)11-17-24)18-27(36)41-20-22-12-14-23(32)15-13-22/h6-17,28H,4-5,18-20H2,1-3H3,(H2,33,34,38). The van der Waals surface area contributed by atoms with Crippen molar-refractivity contribution in [1.82, 2.24) is 5.32 Å². The molecule has 0 aliphatic carbocycles. The Labute approximate surface area is 248 Å². The van der Waals surface area contributed by atoms with E-state index >= 15 is 0 Å². The zero-order valence-corrected chi connectivity index (χ0v) is 24.9. The van der Waals surface area contributed by atoms with Gasteiger partial charge in [-0.15, -0.1) is 0 Å². The molecule has 0 bridgehead atoms. The number of hydrogen-bond acceptors (Lipinski definition) is 6. The topological polar surface area (TPSA) is 106 Å². The lowest BCUT2D eigenvalue weighted by atomic mass is 9.87. The average molecular weight is 625 g/mol. The van der Waals surface area contributed by atoms with E-state index in [-0.39, 0.29) is 13.2 Å². The third-order valence-electron chi connectivity index (χ3n) is 6.66. The van der Waals surface area contributed by atoms with Crippen LogP contribution in [0, 0.1) is 6.92 Å². The van der Waals surface area contributed by atoms with Crippen LogP contribution in [0.25, 0.3) is 0 Å². The van der Waals surface area contributed by atoms with Crippen molar-refractivity contribution in [3.63, 3.8) is 0 Å². The second kappa shape index (κ2) is 13.8. The van der Waals surface area contributed by atoms with Gasteiger partial charge >= 0.3 is 12.0 Å². The quantitative estimate of drug-likeness (QED) is 0.199. The number of halogens is 1. The van der Waals surface area contributed by atoms with Gasteiger partial charge in [0.25, 0.3) is 5.91 Å². The fourth-order valence-electron chi connectivity index (χ4n) is 4.72. The fourth-order valence-corrected chi connectivity index (χ4v) is 4.99. The number of esters is 1. The number of rotatable bonds is 12. The summed E-state index contributed by atoms with van der Waals surface area (Å²) in [6.07, 6.45) is -1.10. The number of nitrogens with zero attached hydrogens (tertiary/aromatic N) is 1. The summed E-state index contributed by atoms with van der Waals surface area (Å²) in [4.78, 5) is 42.4. The zero-order chi connectivity index (χ0) is 29.4. The Morgan fingerprint density at radius 3 is 2.27 bits per heavy atom. The molecule has 41 heavy (non-hydrogen) atoms. The van der Waals surface area contributed by atoms with Crippen molar-refractivity contribution in [3.8, 4) is 0 Å². The SMILES string of the molecule is CCOC(CN1C(=O)C(CC(=O)OCc2ccc(Br)cc2)(NC(=O)Nc2ccc(C)cc2)c2ccccc21)OCC. The summed E-state index contributed by atoms with van der Waals surface area (Å²) in [7, 11) is 0. The highest BCUT2D eigenvalue weighted by molar-refractivity contribution is 9.10. The number of ether oxygens (including phenoxy) is 3. The molecule has 1 atom stereocenters. The number of amides is 3. The van der Waals surface area contributed by atoms with Crippen LogP contribution < -0.4 is 15.5 Å². The highest BCUT2D eigenvalue weighted by Crippen LogP contribution is 2.43. The van der Waals surface area contributed by atoms with E-state index in [0.717, 1.165) is 15.6 Å². The average Bonchev–Trinajstić information content (AvgIpc) is 3.17. The van der Waals surface area contributed by atoms with Gasteiger partial charge in [-0.3, -0.25) is 9.59 Å². The molecule has 9 nitrogen and oxygen atoms in total. The van der Waals surface area contributed by atoms with Crippen LogP contribution in [0.2, 0.25) is 0 Å². The van der Waals surface area contributed by atoms with E-state index in [1.54, 1.807) is 36.4 Å². The third kappa shape index (κ3) is 7.32. The smallest absolute Gasteiger partial charge is 0.320 e. The molecule has 10 heteroatoms. The summed E-state index contributed by atoms with van der Waals surface area (Å²) < 4.78 is 17.9. The van der Waals surface area contributed by atoms with Crippen molar-refractivity contribution in [2.75, 3.05) is 30.0 Å². The predicted octanol–water partition coefficient (Wildman–Crippen LogP) is 5.65. The van der Waals surface area contributed by atoms with E-state index in [9.17, 15) is 14.4 Å². The van der Waals surface area contributed by atoms with Crippen molar-refractivity contribution in [2.45, 2.75) is 45.6 Å². The van der Waals surface area contributed by atoms with E-state index in [1.807, 2.05) is 57.2 Å². The van der Waals surface area contributed by atoms with Crippen molar-refractivity contribution < 1.29 is 28.6 Å². The second-order valence-corrected chi connectivity index (χ2v) is 10.5. The van der Waals surface area contributed by atoms with Crippen molar-refractivity contribution in [1.29, 1.82) is 0 Å². The second-order valence-electron chi connectivity index (χ2n) is 9.59. The van der Waals surface area contributed by atoms with Crippen LogP contribution in [0.15, 0.2) is 77.3 Å². The molecule has 216 valence electrons. The summed E-state index contributed by atoms with van der Waals surface area (Å²) in [6.45, 7) is 6.50. The van der Waals surface area contributed by atoms with Crippen LogP contribution in [0.3, 0.4) is 0 Å². The van der Waals surface area contributed by atoms with E-state index in [2.05, 4.69) is 26.6 Å². The minimum Gasteiger partial charge on any atom is -0.461 e. The van der Waals surface area contributed by atoms with Gasteiger partial charge in [0.2, 0.25) is 0 Å². The van der Waals surface area contributed by atoms with Gasteiger partial charge in [0, 0.05) is 28.9 Å². The molecule has 4 rings (SSSR count). The minimum atomic E-state index is -1.72. The molecule has 3 aromatic carbocycles. The molecule has 1 heterocycles. The molecule has 3 aromatic rings. The van der Waals surface area contributed by atoms with Crippen LogP contribution in [0.5, 0.6) is 0 Å². The number of benzene rings is 3. The molecule has 3 amide bonds. The number of carbonyl (C=O) groups is 3. The van der Waals surface area contributed by atoms with Gasteiger partial charge in [-0.1, -0.05) is 64.0 Å². The van der Waals surface area contributed by atoms with Gasteiger partial charge in [0.1, 0.15) is 6.61 Å². The molecule has 2 N–H and O–H groups in total. The van der Waals surface area contributed by atoms with Crippen molar-refractivity contribution in [3.05, 3.63) is 94.0 Å². The third-order valence-corrected chi connectivity index (χ3v) is 7.19. The highest BCUT2D eigenvalue weighted by Gasteiger charge is 2.54. The molecule has 0 radical (unpaired) electrons. The Kier molecular flexibility index (Phi) is 10.1. The van der Waals surface area contributed by atoms with Gasteiger partial charge in [-0.05, 0) is 56.7 Å². The first-order valence-electron chi connectivity index (χ1n) is 13.5. The lowest BCUT2D eigenvalue weighted by molar-refractivity contribution is -0.149. The number of urea groups is 1. The van der Waals surface area contributed by atoms with Crippen LogP contribution in [0.1, 0.15) is 37.0 Å². The number of nitrogens with one attached hydrogen (secondary N) is 2. The van der Waals surface area contributed by atoms with Crippen molar-refractivity contribution in [2.24, 2.45) is 0 Å². The summed E-state index contributed by atoms with van der Waals surface area (Å²) in [5, 5.41) is 5.61. The lowest BCUT2D eigenvalue weighted by Gasteiger charge is -2.30. The number of anilines is 2. The Bertz CT molecular complexity index is 1360. The molecule has 0 fully saturated rings. The zero-order valence-electron chi connectivity index (χ0n) is 23.3. The van der Waals surface area contributed by atoms with Gasteiger partial charge < -0.3 is 29.7 Å². The molecule has 0 aromatic heterocycles. The molecular formula is C31H34BrN3O6. The molecule has 1 unspecified atom stereocenters. The molecule has 1 aliphatic heterocycles. The Morgan fingerprint density at radius 2 is 1.61 bits per heavy atom. The fraction of sp³-hybridized carbons (Fsp3) is 0.323. The summed E-state index contributed by atoms with van der Waals surface area (Å²) in [5.41, 5.74) is 1.69.